The van der Waals surface area contributed by atoms with E-state index in [4.69, 9.17) is 11.6 Å². The van der Waals surface area contributed by atoms with Crippen molar-refractivity contribution in [3.63, 3.8) is 0 Å². The molecule has 1 heterocycles. The first-order valence-corrected chi connectivity index (χ1v) is 5.56. The molecular weight excluding hydrogens is 330 g/mol. The first-order valence-electron chi connectivity index (χ1n) is 5.18. The number of nitrogens with zero attached hydrogens (tertiary/aromatic N) is 1. The smallest absolute Gasteiger partial charge is 0.422 e. The zero-order chi connectivity index (χ0) is 16.3. The molecule has 0 radical (unpaired) electrons. The zero-order valence-corrected chi connectivity index (χ0v) is 10.7. The first kappa shape index (κ1) is 17.3. The van der Waals surface area contributed by atoms with E-state index in [1.807, 2.05) is 0 Å². The highest BCUT2D eigenvalue weighted by atomic mass is 35.5. The van der Waals surface area contributed by atoms with Crippen LogP contribution in [0.1, 0.15) is 10.4 Å². The fourth-order valence-corrected chi connectivity index (χ4v) is 1.31. The summed E-state index contributed by atoms with van der Waals surface area (Å²) in [6.07, 6.45) is -8.44. The van der Waals surface area contributed by atoms with Crippen LogP contribution in [0.15, 0.2) is 12.3 Å². The van der Waals surface area contributed by atoms with E-state index in [2.05, 4.69) is 9.72 Å². The molecule has 0 fully saturated rings. The van der Waals surface area contributed by atoms with Crippen LogP contribution in [-0.4, -0.2) is 36.4 Å². The Kier molecular flexibility index (Phi) is 5.26. The van der Waals surface area contributed by atoms with Gasteiger partial charge in [0.25, 0.3) is 5.91 Å². The van der Waals surface area contributed by atoms with Crippen LogP contribution < -0.4 is 10.1 Å². The highest BCUT2D eigenvalue weighted by Crippen LogP contribution is 2.25. The molecule has 0 saturated carbocycles. The number of carbonyl (C=O) groups is 1. The fourth-order valence-electron chi connectivity index (χ4n) is 1.09. The second-order valence-corrected chi connectivity index (χ2v) is 4.12. The number of nitrogens with one attached hydrogen (secondary N) is 1. The number of aromatic nitrogens is 1. The van der Waals surface area contributed by atoms with E-state index in [0.29, 0.717) is 0 Å². The van der Waals surface area contributed by atoms with Crippen molar-refractivity contribution in [3.8, 4) is 5.88 Å². The van der Waals surface area contributed by atoms with Crippen LogP contribution >= 0.6 is 11.6 Å². The molecule has 0 unspecified atom stereocenters. The number of alkyl halides is 6. The van der Waals surface area contributed by atoms with Gasteiger partial charge in [-0.05, 0) is 6.07 Å². The van der Waals surface area contributed by atoms with Crippen LogP contribution in [-0.2, 0) is 0 Å². The average Bonchev–Trinajstić information content (AvgIpc) is 2.32. The van der Waals surface area contributed by atoms with Crippen LogP contribution in [0, 0.1) is 0 Å². The van der Waals surface area contributed by atoms with Gasteiger partial charge in [-0.2, -0.15) is 26.3 Å². The van der Waals surface area contributed by atoms with Gasteiger partial charge in [-0.1, -0.05) is 11.6 Å². The van der Waals surface area contributed by atoms with Crippen LogP contribution in [0.4, 0.5) is 26.3 Å². The quantitative estimate of drug-likeness (QED) is 0.860. The molecule has 0 aliphatic carbocycles. The summed E-state index contributed by atoms with van der Waals surface area (Å²) in [5.74, 6) is -1.70. The Morgan fingerprint density at radius 2 is 1.86 bits per heavy atom. The monoisotopic (exact) mass is 336 g/mol. The van der Waals surface area contributed by atoms with Crippen molar-refractivity contribution < 1.29 is 35.9 Å². The third kappa shape index (κ3) is 6.52. The van der Waals surface area contributed by atoms with E-state index in [-0.39, 0.29) is 5.56 Å². The molecule has 1 aromatic heterocycles. The summed E-state index contributed by atoms with van der Waals surface area (Å²) in [5.41, 5.74) is -0.344. The van der Waals surface area contributed by atoms with Crippen molar-refractivity contribution in [2.24, 2.45) is 0 Å². The van der Waals surface area contributed by atoms with E-state index in [1.165, 1.54) is 0 Å². The molecule has 1 aromatic rings. The number of pyridine rings is 1. The Labute approximate surface area is 119 Å². The molecule has 0 atom stereocenters. The predicted octanol–water partition coefficient (Wildman–Crippen LogP) is 2.97. The van der Waals surface area contributed by atoms with E-state index >= 15 is 0 Å². The molecule has 4 nitrogen and oxygen atoms in total. The van der Waals surface area contributed by atoms with Crippen molar-refractivity contribution in [2.75, 3.05) is 13.2 Å². The summed E-state index contributed by atoms with van der Waals surface area (Å²) in [6, 6.07) is 0.853. The number of hydrogen-bond donors (Lipinski definition) is 1. The maximum absolute atomic E-state index is 11.9. The summed E-state index contributed by atoms with van der Waals surface area (Å²) in [4.78, 5) is 14.7. The highest BCUT2D eigenvalue weighted by molar-refractivity contribution is 6.32. The Morgan fingerprint density at radius 1 is 1.24 bits per heavy atom. The van der Waals surface area contributed by atoms with Crippen molar-refractivity contribution in [2.45, 2.75) is 12.4 Å². The Bertz CT molecular complexity index is 517. The number of ether oxygens (including phenoxy) is 1. The van der Waals surface area contributed by atoms with Crippen molar-refractivity contribution >= 4 is 17.5 Å². The summed E-state index contributed by atoms with van der Waals surface area (Å²) in [7, 11) is 0. The third-order valence-corrected chi connectivity index (χ3v) is 2.16. The van der Waals surface area contributed by atoms with E-state index in [0.717, 1.165) is 12.3 Å². The number of carbonyl (C=O) groups excluding carboxylic acids is 1. The van der Waals surface area contributed by atoms with Crippen molar-refractivity contribution in [1.82, 2.24) is 10.3 Å². The van der Waals surface area contributed by atoms with Gasteiger partial charge in [0.1, 0.15) is 11.6 Å². The summed E-state index contributed by atoms with van der Waals surface area (Å²) >= 11 is 5.54. The third-order valence-electron chi connectivity index (χ3n) is 1.89. The maximum Gasteiger partial charge on any atom is 0.422 e. The first-order chi connectivity index (χ1) is 9.48. The van der Waals surface area contributed by atoms with Gasteiger partial charge in [0.15, 0.2) is 6.61 Å². The maximum atomic E-state index is 11.9. The van der Waals surface area contributed by atoms with Crippen LogP contribution in [0.2, 0.25) is 5.02 Å². The fraction of sp³-hybridized carbons (Fsp3) is 0.400. The molecule has 0 aliphatic heterocycles. The second-order valence-electron chi connectivity index (χ2n) is 3.71. The number of hydrogen-bond acceptors (Lipinski definition) is 3. The second kappa shape index (κ2) is 6.37. The topological polar surface area (TPSA) is 51.2 Å². The zero-order valence-electron chi connectivity index (χ0n) is 9.98. The number of halogens is 7. The largest absolute Gasteiger partial charge is 0.467 e. The Morgan fingerprint density at radius 3 is 2.33 bits per heavy atom. The van der Waals surface area contributed by atoms with Gasteiger partial charge >= 0.3 is 12.4 Å². The molecule has 1 rings (SSSR count). The van der Waals surface area contributed by atoms with E-state index in [1.54, 1.807) is 5.32 Å². The summed E-state index contributed by atoms with van der Waals surface area (Å²) in [5, 5.41) is 1.13. The lowest BCUT2D eigenvalue weighted by atomic mass is 10.2. The van der Waals surface area contributed by atoms with E-state index < -0.39 is 42.3 Å². The van der Waals surface area contributed by atoms with Gasteiger partial charge in [-0.3, -0.25) is 4.79 Å². The lowest BCUT2D eigenvalue weighted by Crippen LogP contribution is -2.33. The Balaban J connectivity index is 2.71. The number of rotatable bonds is 4. The highest BCUT2D eigenvalue weighted by Gasteiger charge is 2.30. The summed E-state index contributed by atoms with van der Waals surface area (Å²) < 4.78 is 75.8. The SMILES string of the molecule is O=C(NCC(F)(F)F)c1cnc(OCC(F)(F)F)c(Cl)c1. The van der Waals surface area contributed by atoms with Gasteiger partial charge in [0.2, 0.25) is 5.88 Å². The molecule has 0 saturated heterocycles. The molecule has 0 aromatic carbocycles. The van der Waals surface area contributed by atoms with E-state index in [9.17, 15) is 31.1 Å². The molecule has 0 bridgehead atoms. The molecule has 11 heteroatoms. The molecule has 0 aliphatic rings. The molecule has 21 heavy (non-hydrogen) atoms. The lowest BCUT2D eigenvalue weighted by Gasteiger charge is -2.11. The van der Waals surface area contributed by atoms with Gasteiger partial charge < -0.3 is 10.1 Å². The lowest BCUT2D eigenvalue weighted by molar-refractivity contribution is -0.154. The molecular formula is C10H7ClF6N2O2. The van der Waals surface area contributed by atoms with Crippen molar-refractivity contribution in [1.29, 1.82) is 0 Å². The van der Waals surface area contributed by atoms with Gasteiger partial charge in [0.05, 0.1) is 5.56 Å². The molecule has 1 amide bonds. The summed E-state index contributed by atoms with van der Waals surface area (Å²) in [6.45, 7) is -3.20. The average molecular weight is 337 g/mol. The minimum Gasteiger partial charge on any atom is -0.467 e. The molecule has 1 N–H and O–H groups in total. The predicted molar refractivity (Wildman–Crippen MR) is 59.2 cm³/mol. The van der Waals surface area contributed by atoms with Gasteiger partial charge in [-0.25, -0.2) is 4.98 Å². The normalized spacial score (nSPS) is 12.1. The minimum absolute atomic E-state index is 0.344. The molecule has 118 valence electrons. The van der Waals surface area contributed by atoms with Crippen LogP contribution in [0.5, 0.6) is 5.88 Å². The van der Waals surface area contributed by atoms with Crippen LogP contribution in [0.25, 0.3) is 0 Å². The minimum atomic E-state index is -4.60. The van der Waals surface area contributed by atoms with Gasteiger partial charge in [0, 0.05) is 6.20 Å². The Hall–Kier alpha value is -1.71. The number of amides is 1. The standard InChI is InChI=1S/C10H7ClF6N2O2/c11-6-1-5(7(20)19-3-9(12,13)14)2-18-8(6)21-4-10(15,16)17/h1-2H,3-4H2,(H,19,20). The van der Waals surface area contributed by atoms with Crippen molar-refractivity contribution in [3.05, 3.63) is 22.8 Å². The molecule has 0 spiro atoms. The van der Waals surface area contributed by atoms with Gasteiger partial charge in [-0.15, -0.1) is 0 Å². The van der Waals surface area contributed by atoms with Crippen LogP contribution in [0.3, 0.4) is 0 Å².